The van der Waals surface area contributed by atoms with Gasteiger partial charge in [0, 0.05) is 24.8 Å². The first-order valence-corrected chi connectivity index (χ1v) is 6.12. The van der Waals surface area contributed by atoms with Crippen LogP contribution >= 0.6 is 0 Å². The molecule has 0 bridgehead atoms. The van der Waals surface area contributed by atoms with Crippen LogP contribution in [0.2, 0.25) is 0 Å². The Morgan fingerprint density at radius 3 is 3.18 bits per heavy atom. The highest BCUT2D eigenvalue weighted by atomic mass is 16.7. The molecule has 0 radical (unpaired) electrons. The van der Waals surface area contributed by atoms with Crippen LogP contribution in [0.15, 0.2) is 18.2 Å². The number of para-hydroxylation sites is 1. The molecule has 1 unspecified atom stereocenters. The highest BCUT2D eigenvalue weighted by Gasteiger charge is 2.18. The van der Waals surface area contributed by atoms with E-state index < -0.39 is 0 Å². The smallest absolute Gasteiger partial charge is 0.231 e. The maximum absolute atomic E-state index is 5.48. The number of hydrogen-bond acceptors (Lipinski definition) is 4. The summed E-state index contributed by atoms with van der Waals surface area (Å²) in [5.74, 6) is 1.74. The van der Waals surface area contributed by atoms with Gasteiger partial charge in [-0.05, 0) is 18.9 Å². The van der Waals surface area contributed by atoms with Gasteiger partial charge in [0.25, 0.3) is 0 Å². The summed E-state index contributed by atoms with van der Waals surface area (Å²) in [6.07, 6.45) is 2.33. The highest BCUT2D eigenvalue weighted by molar-refractivity contribution is 5.48. The van der Waals surface area contributed by atoms with Crippen LogP contribution in [-0.2, 0) is 11.3 Å². The molecular weight excluding hydrogens is 218 g/mol. The fourth-order valence-corrected chi connectivity index (χ4v) is 2.29. The van der Waals surface area contributed by atoms with Crippen molar-refractivity contribution >= 4 is 0 Å². The molecule has 1 aromatic rings. The Hall–Kier alpha value is -1.26. The lowest BCUT2D eigenvalue weighted by molar-refractivity contribution is 0.0698. The van der Waals surface area contributed by atoms with Gasteiger partial charge >= 0.3 is 0 Å². The van der Waals surface area contributed by atoms with Crippen molar-refractivity contribution in [2.24, 2.45) is 0 Å². The summed E-state index contributed by atoms with van der Waals surface area (Å²) in [6.45, 7) is 2.85. The van der Waals surface area contributed by atoms with E-state index in [-0.39, 0.29) is 0 Å². The van der Waals surface area contributed by atoms with E-state index in [4.69, 9.17) is 14.2 Å². The van der Waals surface area contributed by atoms with Gasteiger partial charge in [0.15, 0.2) is 11.5 Å². The van der Waals surface area contributed by atoms with Crippen LogP contribution in [-0.4, -0.2) is 26.0 Å². The van der Waals surface area contributed by atoms with Crippen molar-refractivity contribution in [1.29, 1.82) is 0 Å². The van der Waals surface area contributed by atoms with E-state index in [0.717, 1.165) is 43.2 Å². The molecule has 1 aromatic carbocycles. The lowest BCUT2D eigenvalue weighted by Crippen LogP contribution is -2.36. The minimum atomic E-state index is 0.332. The standard InChI is InChI=1S/C13H17NO3/c1-3-10(13-12(5-1)16-9-17-13)7-14-11-4-2-6-15-8-11/h1,3,5,11,14H,2,4,6-9H2. The molecule has 4 nitrogen and oxygen atoms in total. The summed E-state index contributed by atoms with van der Waals surface area (Å²) in [4.78, 5) is 0. The maximum atomic E-state index is 5.48. The van der Waals surface area contributed by atoms with Gasteiger partial charge in [-0.2, -0.15) is 0 Å². The SMILES string of the molecule is c1cc(CNC2CCCOC2)c2c(c1)OCO2. The summed E-state index contributed by atoms with van der Waals surface area (Å²) >= 11 is 0. The molecule has 92 valence electrons. The largest absolute Gasteiger partial charge is 0.454 e. The van der Waals surface area contributed by atoms with Crippen molar-refractivity contribution in [3.63, 3.8) is 0 Å². The predicted octanol–water partition coefficient (Wildman–Crippen LogP) is 1.68. The van der Waals surface area contributed by atoms with Gasteiger partial charge in [-0.15, -0.1) is 0 Å². The van der Waals surface area contributed by atoms with Crippen LogP contribution in [0, 0.1) is 0 Å². The van der Waals surface area contributed by atoms with Crippen molar-refractivity contribution in [1.82, 2.24) is 5.32 Å². The molecule has 1 N–H and O–H groups in total. The van der Waals surface area contributed by atoms with Crippen LogP contribution < -0.4 is 14.8 Å². The van der Waals surface area contributed by atoms with E-state index >= 15 is 0 Å². The molecule has 2 aliphatic heterocycles. The highest BCUT2D eigenvalue weighted by Crippen LogP contribution is 2.35. The van der Waals surface area contributed by atoms with E-state index in [2.05, 4.69) is 11.4 Å². The van der Waals surface area contributed by atoms with Crippen LogP contribution in [0.1, 0.15) is 18.4 Å². The molecule has 0 spiro atoms. The number of rotatable bonds is 3. The number of benzene rings is 1. The summed E-state index contributed by atoms with van der Waals surface area (Å²) in [7, 11) is 0. The van der Waals surface area contributed by atoms with Crippen LogP contribution in [0.4, 0.5) is 0 Å². The second-order valence-corrected chi connectivity index (χ2v) is 4.45. The van der Waals surface area contributed by atoms with Crippen molar-refractivity contribution < 1.29 is 14.2 Å². The van der Waals surface area contributed by atoms with Gasteiger partial charge in [0.1, 0.15) is 0 Å². The third kappa shape index (κ3) is 2.37. The molecular formula is C13H17NO3. The van der Waals surface area contributed by atoms with Crippen molar-refractivity contribution in [2.75, 3.05) is 20.0 Å². The predicted molar refractivity (Wildman–Crippen MR) is 63.2 cm³/mol. The molecule has 17 heavy (non-hydrogen) atoms. The molecule has 0 saturated carbocycles. The molecule has 4 heteroatoms. The zero-order valence-electron chi connectivity index (χ0n) is 9.78. The second-order valence-electron chi connectivity index (χ2n) is 4.45. The van der Waals surface area contributed by atoms with Gasteiger partial charge < -0.3 is 19.5 Å². The normalized spacial score (nSPS) is 22.7. The Morgan fingerprint density at radius 2 is 2.29 bits per heavy atom. The second kappa shape index (κ2) is 4.94. The topological polar surface area (TPSA) is 39.7 Å². The molecule has 2 heterocycles. The average molecular weight is 235 g/mol. The maximum Gasteiger partial charge on any atom is 0.231 e. The lowest BCUT2D eigenvalue weighted by Gasteiger charge is -2.23. The fourth-order valence-electron chi connectivity index (χ4n) is 2.29. The van der Waals surface area contributed by atoms with E-state index in [1.54, 1.807) is 0 Å². The first kappa shape index (κ1) is 10.9. The van der Waals surface area contributed by atoms with Crippen LogP contribution in [0.3, 0.4) is 0 Å². The van der Waals surface area contributed by atoms with E-state index in [9.17, 15) is 0 Å². The minimum Gasteiger partial charge on any atom is -0.454 e. The van der Waals surface area contributed by atoms with Gasteiger partial charge in [-0.25, -0.2) is 0 Å². The van der Waals surface area contributed by atoms with Gasteiger partial charge in [0.05, 0.1) is 6.61 Å². The van der Waals surface area contributed by atoms with Crippen molar-refractivity contribution in [2.45, 2.75) is 25.4 Å². The van der Waals surface area contributed by atoms with Gasteiger partial charge in [-0.3, -0.25) is 0 Å². The molecule has 0 amide bonds. The first-order chi connectivity index (χ1) is 8.43. The number of hydrogen-bond donors (Lipinski definition) is 1. The quantitative estimate of drug-likeness (QED) is 0.865. The van der Waals surface area contributed by atoms with Crippen molar-refractivity contribution in [3.05, 3.63) is 23.8 Å². The Labute approximate surface area is 101 Å². The van der Waals surface area contributed by atoms with Gasteiger partial charge in [-0.1, -0.05) is 12.1 Å². The Kier molecular flexibility index (Phi) is 3.16. The summed E-state index contributed by atoms with van der Waals surface area (Å²) < 4.78 is 16.3. The van der Waals surface area contributed by atoms with Crippen LogP contribution in [0.5, 0.6) is 11.5 Å². The molecule has 1 fully saturated rings. The minimum absolute atomic E-state index is 0.332. The van der Waals surface area contributed by atoms with E-state index in [0.29, 0.717) is 12.8 Å². The number of fused-ring (bicyclic) bond motifs is 1. The molecule has 1 saturated heterocycles. The van der Waals surface area contributed by atoms with Gasteiger partial charge in [0.2, 0.25) is 6.79 Å². The van der Waals surface area contributed by atoms with E-state index in [1.165, 1.54) is 6.42 Å². The first-order valence-electron chi connectivity index (χ1n) is 6.12. The zero-order chi connectivity index (χ0) is 11.5. The molecule has 1 atom stereocenters. The monoisotopic (exact) mass is 235 g/mol. The molecule has 2 aliphatic rings. The lowest BCUT2D eigenvalue weighted by atomic mass is 10.1. The Bertz CT molecular complexity index is 388. The molecule has 0 aliphatic carbocycles. The number of nitrogens with one attached hydrogen (secondary N) is 1. The number of ether oxygens (including phenoxy) is 3. The van der Waals surface area contributed by atoms with Crippen LogP contribution in [0.25, 0.3) is 0 Å². The Balaban J connectivity index is 1.63. The third-order valence-corrected chi connectivity index (χ3v) is 3.22. The average Bonchev–Trinajstić information content (AvgIpc) is 2.86. The summed E-state index contributed by atoms with van der Waals surface area (Å²) in [6, 6.07) is 6.48. The van der Waals surface area contributed by atoms with E-state index in [1.807, 2.05) is 12.1 Å². The Morgan fingerprint density at radius 1 is 1.29 bits per heavy atom. The molecule has 0 aromatic heterocycles. The summed E-state index contributed by atoms with van der Waals surface area (Å²) in [5.41, 5.74) is 1.16. The zero-order valence-corrected chi connectivity index (χ0v) is 9.78. The third-order valence-electron chi connectivity index (χ3n) is 3.22. The van der Waals surface area contributed by atoms with Crippen molar-refractivity contribution in [3.8, 4) is 11.5 Å². The fraction of sp³-hybridized carbons (Fsp3) is 0.538. The summed E-state index contributed by atoms with van der Waals surface area (Å²) in [5, 5.41) is 3.51. The molecule has 3 rings (SSSR count).